The summed E-state index contributed by atoms with van der Waals surface area (Å²) in [6, 6.07) is 5.73. The molecule has 1 heterocycles. The summed E-state index contributed by atoms with van der Waals surface area (Å²) in [6.45, 7) is 3.32. The first-order chi connectivity index (χ1) is 10.6. The van der Waals surface area contributed by atoms with Gasteiger partial charge in [0.2, 0.25) is 5.91 Å². The van der Waals surface area contributed by atoms with Crippen molar-refractivity contribution in [3.05, 3.63) is 28.2 Å². The molecule has 1 saturated heterocycles. The fourth-order valence-electron chi connectivity index (χ4n) is 3.47. The molecule has 0 atom stereocenters. The number of carbonyl (C=O) groups is 1. The lowest BCUT2D eigenvalue weighted by Gasteiger charge is -2.38. The molecule has 5 heteroatoms. The Labute approximate surface area is 142 Å². The Bertz CT molecular complexity index is 535. The Morgan fingerprint density at radius 3 is 2.27 bits per heavy atom. The zero-order valence-electron chi connectivity index (χ0n) is 12.7. The van der Waals surface area contributed by atoms with E-state index in [1.54, 1.807) is 0 Å². The molecule has 3 rings (SSSR count). The van der Waals surface area contributed by atoms with Gasteiger partial charge >= 0.3 is 0 Å². The van der Waals surface area contributed by atoms with Crippen molar-refractivity contribution in [3.8, 4) is 0 Å². The van der Waals surface area contributed by atoms with Gasteiger partial charge in [-0.05, 0) is 31.0 Å². The van der Waals surface area contributed by atoms with Crippen molar-refractivity contribution in [2.75, 3.05) is 31.1 Å². The highest BCUT2D eigenvalue weighted by Crippen LogP contribution is 2.29. The number of hydrogen-bond donors (Lipinski definition) is 0. The smallest absolute Gasteiger partial charge is 0.225 e. The lowest BCUT2D eigenvalue weighted by atomic mass is 9.88. The Balaban J connectivity index is 1.57. The summed E-state index contributed by atoms with van der Waals surface area (Å²) in [4.78, 5) is 16.9. The van der Waals surface area contributed by atoms with Crippen LogP contribution in [0.2, 0.25) is 10.0 Å². The van der Waals surface area contributed by atoms with Crippen LogP contribution < -0.4 is 4.90 Å². The molecule has 2 aliphatic rings. The molecule has 1 amide bonds. The summed E-state index contributed by atoms with van der Waals surface area (Å²) in [5.74, 6) is 0.638. The summed E-state index contributed by atoms with van der Waals surface area (Å²) in [6.07, 6.45) is 5.85. The van der Waals surface area contributed by atoms with E-state index in [1.807, 2.05) is 23.1 Å². The summed E-state index contributed by atoms with van der Waals surface area (Å²) in [5, 5.41) is 1.16. The van der Waals surface area contributed by atoms with Crippen LogP contribution in [0.4, 0.5) is 5.69 Å². The van der Waals surface area contributed by atoms with E-state index >= 15 is 0 Å². The maximum atomic E-state index is 12.6. The summed E-state index contributed by atoms with van der Waals surface area (Å²) in [7, 11) is 0. The van der Waals surface area contributed by atoms with E-state index in [4.69, 9.17) is 23.2 Å². The van der Waals surface area contributed by atoms with Gasteiger partial charge in [-0.15, -0.1) is 0 Å². The molecule has 120 valence electrons. The quantitative estimate of drug-likeness (QED) is 0.804. The Morgan fingerprint density at radius 1 is 0.955 bits per heavy atom. The van der Waals surface area contributed by atoms with Gasteiger partial charge in [0, 0.05) is 37.8 Å². The minimum atomic E-state index is 0.269. The summed E-state index contributed by atoms with van der Waals surface area (Å²) >= 11 is 12.1. The van der Waals surface area contributed by atoms with Crippen molar-refractivity contribution in [2.45, 2.75) is 32.1 Å². The van der Waals surface area contributed by atoms with Crippen molar-refractivity contribution in [3.63, 3.8) is 0 Å². The van der Waals surface area contributed by atoms with Crippen molar-refractivity contribution >= 4 is 34.8 Å². The SMILES string of the molecule is O=C(C1CCCCC1)N1CCN(c2ccc(Cl)c(Cl)c2)CC1. The zero-order valence-corrected chi connectivity index (χ0v) is 14.2. The number of rotatable bonds is 2. The maximum absolute atomic E-state index is 12.6. The predicted octanol–water partition coefficient (Wildman–Crippen LogP) is 4.22. The van der Waals surface area contributed by atoms with Gasteiger partial charge in [-0.3, -0.25) is 4.79 Å². The minimum absolute atomic E-state index is 0.269. The highest BCUT2D eigenvalue weighted by molar-refractivity contribution is 6.42. The molecular formula is C17H22Cl2N2O. The molecule has 0 N–H and O–H groups in total. The summed E-state index contributed by atoms with van der Waals surface area (Å²) < 4.78 is 0. The molecule has 1 aliphatic heterocycles. The molecule has 0 radical (unpaired) electrons. The third-order valence-corrected chi connectivity index (χ3v) is 5.55. The zero-order chi connectivity index (χ0) is 15.5. The van der Waals surface area contributed by atoms with Gasteiger partial charge in [0.25, 0.3) is 0 Å². The third-order valence-electron chi connectivity index (χ3n) is 4.81. The standard InChI is InChI=1S/C17H22Cl2N2O/c18-15-7-6-14(12-16(15)19)20-8-10-21(11-9-20)17(22)13-4-2-1-3-5-13/h6-7,12-13H,1-5,8-11H2. The first-order valence-electron chi connectivity index (χ1n) is 8.14. The second kappa shape index (κ2) is 7.10. The Morgan fingerprint density at radius 2 is 1.64 bits per heavy atom. The van der Waals surface area contributed by atoms with Crippen LogP contribution in [0.15, 0.2) is 18.2 Å². The van der Waals surface area contributed by atoms with Gasteiger partial charge in [-0.2, -0.15) is 0 Å². The van der Waals surface area contributed by atoms with Crippen LogP contribution in [0, 0.1) is 5.92 Å². The normalized spacial score (nSPS) is 20.3. The number of benzene rings is 1. The van der Waals surface area contributed by atoms with Gasteiger partial charge in [-0.25, -0.2) is 0 Å². The molecule has 1 aromatic rings. The highest BCUT2D eigenvalue weighted by Gasteiger charge is 2.28. The van der Waals surface area contributed by atoms with E-state index in [2.05, 4.69) is 4.90 Å². The van der Waals surface area contributed by atoms with Gasteiger partial charge < -0.3 is 9.80 Å². The molecule has 22 heavy (non-hydrogen) atoms. The van der Waals surface area contributed by atoms with Gasteiger partial charge in [0.1, 0.15) is 0 Å². The molecule has 1 aromatic carbocycles. The Hall–Kier alpha value is -0.930. The minimum Gasteiger partial charge on any atom is -0.368 e. The number of hydrogen-bond acceptors (Lipinski definition) is 2. The van der Waals surface area contributed by atoms with Crippen molar-refractivity contribution in [1.82, 2.24) is 4.90 Å². The molecule has 0 spiro atoms. The van der Waals surface area contributed by atoms with Crippen LogP contribution in [0.1, 0.15) is 32.1 Å². The number of halogens is 2. The fraction of sp³-hybridized carbons (Fsp3) is 0.588. The van der Waals surface area contributed by atoms with Crippen molar-refractivity contribution in [2.24, 2.45) is 5.92 Å². The number of piperazine rings is 1. The van der Waals surface area contributed by atoms with Gasteiger partial charge in [-0.1, -0.05) is 42.5 Å². The number of anilines is 1. The van der Waals surface area contributed by atoms with E-state index in [0.717, 1.165) is 44.7 Å². The molecular weight excluding hydrogens is 319 g/mol. The average molecular weight is 341 g/mol. The van der Waals surface area contributed by atoms with E-state index in [-0.39, 0.29) is 5.92 Å². The first kappa shape index (κ1) is 15.9. The fourth-order valence-corrected chi connectivity index (χ4v) is 3.77. The third kappa shape index (κ3) is 3.52. The number of carbonyl (C=O) groups excluding carboxylic acids is 1. The van der Waals surface area contributed by atoms with E-state index < -0.39 is 0 Å². The highest BCUT2D eigenvalue weighted by atomic mass is 35.5. The van der Waals surface area contributed by atoms with Crippen LogP contribution in [-0.2, 0) is 4.79 Å². The molecule has 3 nitrogen and oxygen atoms in total. The number of amides is 1. The molecule has 1 saturated carbocycles. The maximum Gasteiger partial charge on any atom is 0.225 e. The largest absolute Gasteiger partial charge is 0.368 e. The van der Waals surface area contributed by atoms with Crippen LogP contribution in [0.3, 0.4) is 0 Å². The molecule has 0 bridgehead atoms. The lowest BCUT2D eigenvalue weighted by molar-refractivity contribution is -0.136. The van der Waals surface area contributed by atoms with Crippen molar-refractivity contribution in [1.29, 1.82) is 0 Å². The van der Waals surface area contributed by atoms with Gasteiger partial charge in [0.05, 0.1) is 10.0 Å². The number of nitrogens with zero attached hydrogens (tertiary/aromatic N) is 2. The van der Waals surface area contributed by atoms with E-state index in [9.17, 15) is 4.79 Å². The van der Waals surface area contributed by atoms with Crippen LogP contribution in [0.25, 0.3) is 0 Å². The Kier molecular flexibility index (Phi) is 5.14. The van der Waals surface area contributed by atoms with Crippen molar-refractivity contribution < 1.29 is 4.79 Å². The first-order valence-corrected chi connectivity index (χ1v) is 8.89. The predicted molar refractivity (Wildman–Crippen MR) is 91.8 cm³/mol. The molecule has 0 aromatic heterocycles. The molecule has 2 fully saturated rings. The topological polar surface area (TPSA) is 23.6 Å². The van der Waals surface area contributed by atoms with Crippen LogP contribution in [-0.4, -0.2) is 37.0 Å². The van der Waals surface area contributed by atoms with Crippen LogP contribution >= 0.6 is 23.2 Å². The second-order valence-electron chi connectivity index (χ2n) is 6.25. The summed E-state index contributed by atoms with van der Waals surface area (Å²) in [5.41, 5.74) is 1.08. The monoisotopic (exact) mass is 340 g/mol. The van der Waals surface area contributed by atoms with Crippen LogP contribution in [0.5, 0.6) is 0 Å². The van der Waals surface area contributed by atoms with Gasteiger partial charge in [0.15, 0.2) is 0 Å². The lowest BCUT2D eigenvalue weighted by Crippen LogP contribution is -2.50. The average Bonchev–Trinajstić information content (AvgIpc) is 2.58. The molecule has 0 unspecified atom stereocenters. The molecule has 1 aliphatic carbocycles. The van der Waals surface area contributed by atoms with E-state index in [1.165, 1.54) is 19.3 Å². The second-order valence-corrected chi connectivity index (χ2v) is 7.06. The van der Waals surface area contributed by atoms with E-state index in [0.29, 0.717) is 16.0 Å².